The van der Waals surface area contributed by atoms with E-state index >= 15 is 0 Å². The molecule has 1 aromatic heterocycles. The second kappa shape index (κ2) is 6.85. The van der Waals surface area contributed by atoms with Gasteiger partial charge in [-0.1, -0.05) is 48.5 Å². The zero-order valence-electron chi connectivity index (χ0n) is 15.8. The van der Waals surface area contributed by atoms with E-state index in [4.69, 9.17) is 0 Å². The zero-order valence-corrected chi connectivity index (χ0v) is 15.8. The minimum atomic E-state index is -0.463. The molecule has 5 heteroatoms. The molecule has 0 N–H and O–H groups in total. The molecule has 144 valence electrons. The quantitative estimate of drug-likeness (QED) is 0.653. The van der Waals surface area contributed by atoms with E-state index in [0.29, 0.717) is 30.6 Å². The zero-order chi connectivity index (χ0) is 20.0. The molecule has 2 aliphatic rings. The molecule has 0 spiro atoms. The number of carbonyl (C=O) groups excluding carboxylic acids is 2. The van der Waals surface area contributed by atoms with Crippen LogP contribution in [0.3, 0.4) is 0 Å². The van der Waals surface area contributed by atoms with Gasteiger partial charge in [-0.2, -0.15) is 0 Å². The number of hydrogen-bond donors (Lipinski definition) is 0. The van der Waals surface area contributed by atoms with Gasteiger partial charge in [0, 0.05) is 11.8 Å². The van der Waals surface area contributed by atoms with Crippen LogP contribution >= 0.6 is 0 Å². The van der Waals surface area contributed by atoms with Crippen LogP contribution in [0.2, 0.25) is 0 Å². The summed E-state index contributed by atoms with van der Waals surface area (Å²) in [4.78, 5) is 40.4. The number of para-hydroxylation sites is 1. The van der Waals surface area contributed by atoms with Gasteiger partial charge in [0.1, 0.15) is 0 Å². The lowest BCUT2D eigenvalue weighted by Gasteiger charge is -2.24. The van der Waals surface area contributed by atoms with Crippen LogP contribution in [-0.2, 0) is 29.0 Å². The predicted molar refractivity (Wildman–Crippen MR) is 110 cm³/mol. The van der Waals surface area contributed by atoms with Gasteiger partial charge in [0.2, 0.25) is 11.8 Å². The molecule has 0 radical (unpaired) electrons. The topological polar surface area (TPSA) is 59.4 Å². The van der Waals surface area contributed by atoms with Gasteiger partial charge >= 0.3 is 0 Å². The molecule has 1 aliphatic heterocycles. The van der Waals surface area contributed by atoms with E-state index < -0.39 is 5.92 Å². The number of amides is 2. The molecule has 1 saturated heterocycles. The fraction of sp³-hybridized carbons (Fsp3) is 0.208. The average molecular weight is 384 g/mol. The number of pyridine rings is 1. The third kappa shape index (κ3) is 2.90. The van der Waals surface area contributed by atoms with Crippen LogP contribution < -0.4 is 10.5 Å². The van der Waals surface area contributed by atoms with Gasteiger partial charge in [-0.15, -0.1) is 0 Å². The molecule has 0 unspecified atom stereocenters. The Labute approximate surface area is 168 Å². The van der Waals surface area contributed by atoms with Crippen LogP contribution in [0.1, 0.15) is 16.7 Å². The Morgan fingerprint density at radius 2 is 1.38 bits per heavy atom. The summed E-state index contributed by atoms with van der Waals surface area (Å²) in [6.45, 7) is 0.490. The van der Waals surface area contributed by atoms with Gasteiger partial charge in [0.25, 0.3) is 5.56 Å². The standard InChI is InChI=1S/C24H20N2O3/c27-22-19-14-21-20(23(28)26(24(21)29)18-9-5-2-6-10-18)13-17(19)11-12-25(22)15-16-7-3-1-4-8-16/h1-12,20-21H,13-15H2/t20-,21+/m1/s1. The first-order chi connectivity index (χ1) is 14.1. The highest BCUT2D eigenvalue weighted by atomic mass is 16.2. The Balaban J connectivity index is 1.48. The number of imide groups is 1. The van der Waals surface area contributed by atoms with Crippen molar-refractivity contribution in [2.24, 2.45) is 11.8 Å². The summed E-state index contributed by atoms with van der Waals surface area (Å²) < 4.78 is 1.69. The third-order valence-electron chi connectivity index (χ3n) is 6.00. The largest absolute Gasteiger partial charge is 0.311 e. The first-order valence-corrected chi connectivity index (χ1v) is 9.81. The number of fused-ring (bicyclic) bond motifs is 2. The normalized spacial score (nSPS) is 20.5. The van der Waals surface area contributed by atoms with E-state index in [0.717, 1.165) is 11.1 Å². The summed E-state index contributed by atoms with van der Waals surface area (Å²) in [5.74, 6) is -1.21. The van der Waals surface area contributed by atoms with Crippen LogP contribution in [0, 0.1) is 11.8 Å². The summed E-state index contributed by atoms with van der Waals surface area (Å²) in [7, 11) is 0. The maximum Gasteiger partial charge on any atom is 0.254 e. The predicted octanol–water partition coefficient (Wildman–Crippen LogP) is 2.80. The molecule has 5 nitrogen and oxygen atoms in total. The number of anilines is 1. The maximum atomic E-state index is 13.1. The lowest BCUT2D eigenvalue weighted by molar-refractivity contribution is -0.122. The SMILES string of the molecule is O=C1[C@H]2Cc3c(ccn(Cc4ccccc4)c3=O)C[C@H]2C(=O)N1c1ccccc1. The molecule has 1 aliphatic carbocycles. The fourth-order valence-corrected chi connectivity index (χ4v) is 4.51. The average Bonchev–Trinajstić information content (AvgIpc) is 3.00. The first-order valence-electron chi connectivity index (χ1n) is 9.81. The third-order valence-corrected chi connectivity index (χ3v) is 6.00. The minimum Gasteiger partial charge on any atom is -0.311 e. The Hall–Kier alpha value is -3.47. The van der Waals surface area contributed by atoms with E-state index in [-0.39, 0.29) is 23.3 Å². The summed E-state index contributed by atoms with van der Waals surface area (Å²) >= 11 is 0. The highest BCUT2D eigenvalue weighted by Gasteiger charge is 2.50. The second-order valence-electron chi connectivity index (χ2n) is 7.71. The Kier molecular flexibility index (Phi) is 4.16. The van der Waals surface area contributed by atoms with Crippen LogP contribution in [0.4, 0.5) is 5.69 Å². The Morgan fingerprint density at radius 3 is 2.07 bits per heavy atom. The minimum absolute atomic E-state index is 0.0665. The van der Waals surface area contributed by atoms with Gasteiger partial charge < -0.3 is 4.57 Å². The molecule has 2 atom stereocenters. The van der Waals surface area contributed by atoms with Crippen molar-refractivity contribution in [2.75, 3.05) is 4.90 Å². The van der Waals surface area contributed by atoms with Crippen LogP contribution in [-0.4, -0.2) is 16.4 Å². The van der Waals surface area contributed by atoms with E-state index in [9.17, 15) is 14.4 Å². The summed E-state index contributed by atoms with van der Waals surface area (Å²) in [6, 6.07) is 20.8. The van der Waals surface area contributed by atoms with Gasteiger partial charge in [-0.25, -0.2) is 0 Å². The molecule has 2 amide bonds. The van der Waals surface area contributed by atoms with Gasteiger partial charge in [0.05, 0.1) is 24.1 Å². The number of benzene rings is 2. The lowest BCUT2D eigenvalue weighted by Crippen LogP contribution is -2.34. The molecule has 0 bridgehead atoms. The first kappa shape index (κ1) is 17.6. The van der Waals surface area contributed by atoms with E-state index in [1.54, 1.807) is 22.9 Å². The number of hydrogen-bond acceptors (Lipinski definition) is 3. The molecule has 2 aromatic carbocycles. The maximum absolute atomic E-state index is 13.1. The van der Waals surface area contributed by atoms with E-state index in [1.807, 2.05) is 54.6 Å². The van der Waals surface area contributed by atoms with Crippen molar-refractivity contribution in [2.45, 2.75) is 19.4 Å². The second-order valence-corrected chi connectivity index (χ2v) is 7.71. The summed E-state index contributed by atoms with van der Waals surface area (Å²) in [6.07, 6.45) is 2.56. The number of carbonyl (C=O) groups is 2. The molecular formula is C24H20N2O3. The highest BCUT2D eigenvalue weighted by molar-refractivity contribution is 6.22. The smallest absolute Gasteiger partial charge is 0.254 e. The molecule has 3 aromatic rings. The molecule has 29 heavy (non-hydrogen) atoms. The Morgan fingerprint density at radius 1 is 0.759 bits per heavy atom. The van der Waals surface area contributed by atoms with Crippen molar-refractivity contribution in [3.63, 3.8) is 0 Å². The highest BCUT2D eigenvalue weighted by Crippen LogP contribution is 2.38. The molecule has 2 heterocycles. The van der Waals surface area contributed by atoms with Crippen molar-refractivity contribution in [1.82, 2.24) is 4.57 Å². The number of aromatic nitrogens is 1. The van der Waals surface area contributed by atoms with Crippen molar-refractivity contribution < 1.29 is 9.59 Å². The van der Waals surface area contributed by atoms with Gasteiger partial charge in [0.15, 0.2) is 0 Å². The molecule has 1 fully saturated rings. The van der Waals surface area contributed by atoms with Gasteiger partial charge in [-0.05, 0) is 42.2 Å². The molecule has 5 rings (SSSR count). The van der Waals surface area contributed by atoms with Crippen LogP contribution in [0.25, 0.3) is 0 Å². The van der Waals surface area contributed by atoms with Crippen molar-refractivity contribution >= 4 is 17.5 Å². The Bertz CT molecular complexity index is 1150. The van der Waals surface area contributed by atoms with Crippen molar-refractivity contribution in [3.05, 3.63) is 100.0 Å². The van der Waals surface area contributed by atoms with Crippen LogP contribution in [0.15, 0.2) is 77.7 Å². The van der Waals surface area contributed by atoms with Crippen molar-refractivity contribution in [1.29, 1.82) is 0 Å². The summed E-state index contributed by atoms with van der Waals surface area (Å²) in [5, 5.41) is 0. The fourth-order valence-electron chi connectivity index (χ4n) is 4.51. The van der Waals surface area contributed by atoms with Crippen LogP contribution in [0.5, 0.6) is 0 Å². The number of rotatable bonds is 3. The van der Waals surface area contributed by atoms with E-state index in [2.05, 4.69) is 0 Å². The number of nitrogens with zero attached hydrogens (tertiary/aromatic N) is 2. The van der Waals surface area contributed by atoms with Crippen molar-refractivity contribution in [3.8, 4) is 0 Å². The van der Waals surface area contributed by atoms with E-state index in [1.165, 1.54) is 4.90 Å². The molecule has 0 saturated carbocycles. The molecular weight excluding hydrogens is 364 g/mol. The lowest BCUT2D eigenvalue weighted by atomic mass is 9.78. The monoisotopic (exact) mass is 384 g/mol. The van der Waals surface area contributed by atoms with Gasteiger partial charge in [-0.3, -0.25) is 19.3 Å². The summed E-state index contributed by atoms with van der Waals surface area (Å²) in [5.41, 5.74) is 3.13.